The fourth-order valence-corrected chi connectivity index (χ4v) is 2.12. The second kappa shape index (κ2) is 5.72. The van der Waals surface area contributed by atoms with E-state index in [-0.39, 0.29) is 18.6 Å². The summed E-state index contributed by atoms with van der Waals surface area (Å²) >= 11 is 0. The van der Waals surface area contributed by atoms with Gasteiger partial charge in [0.25, 0.3) is 0 Å². The van der Waals surface area contributed by atoms with E-state index in [1.807, 2.05) is 0 Å². The molecule has 5 nitrogen and oxygen atoms in total. The molecule has 0 radical (unpaired) electrons. The van der Waals surface area contributed by atoms with Gasteiger partial charge in [0.2, 0.25) is 0 Å². The zero-order chi connectivity index (χ0) is 12.1. The molecule has 0 bridgehead atoms. The zero-order valence-corrected chi connectivity index (χ0v) is 9.90. The van der Waals surface area contributed by atoms with Gasteiger partial charge >= 0.3 is 12.0 Å². The van der Waals surface area contributed by atoms with E-state index in [0.29, 0.717) is 5.92 Å². The first-order chi connectivity index (χ1) is 7.49. The quantitative estimate of drug-likeness (QED) is 0.764. The molecule has 5 heteroatoms. The molecule has 92 valence electrons. The van der Waals surface area contributed by atoms with Crippen LogP contribution in [0.5, 0.6) is 0 Å². The Morgan fingerprint density at radius 2 is 2.12 bits per heavy atom. The molecule has 2 N–H and O–H groups in total. The average molecular weight is 228 g/mol. The van der Waals surface area contributed by atoms with Crippen molar-refractivity contribution in [3.05, 3.63) is 0 Å². The van der Waals surface area contributed by atoms with Gasteiger partial charge in [-0.2, -0.15) is 0 Å². The molecular weight excluding hydrogens is 208 g/mol. The lowest BCUT2D eigenvalue weighted by atomic mass is 9.87. The van der Waals surface area contributed by atoms with Crippen LogP contribution in [0.15, 0.2) is 0 Å². The average Bonchev–Trinajstić information content (AvgIpc) is 2.16. The number of aliphatic carboxylic acids is 1. The predicted octanol–water partition coefficient (Wildman–Crippen LogP) is 1.29. The lowest BCUT2D eigenvalue weighted by molar-refractivity contribution is -0.137. The van der Waals surface area contributed by atoms with E-state index in [4.69, 9.17) is 5.11 Å². The van der Waals surface area contributed by atoms with Crippen LogP contribution in [-0.2, 0) is 4.79 Å². The number of carbonyl (C=O) groups is 2. The van der Waals surface area contributed by atoms with Gasteiger partial charge in [-0.25, -0.2) is 4.79 Å². The highest BCUT2D eigenvalue weighted by Gasteiger charge is 2.22. The Morgan fingerprint density at radius 3 is 2.69 bits per heavy atom. The number of urea groups is 1. The van der Waals surface area contributed by atoms with Gasteiger partial charge in [0.05, 0.1) is 0 Å². The van der Waals surface area contributed by atoms with Crippen LogP contribution in [0.4, 0.5) is 4.79 Å². The topological polar surface area (TPSA) is 69.6 Å². The van der Waals surface area contributed by atoms with Gasteiger partial charge in [0.1, 0.15) is 6.54 Å². The lowest BCUT2D eigenvalue weighted by Gasteiger charge is -2.29. The van der Waals surface area contributed by atoms with Crippen LogP contribution >= 0.6 is 0 Å². The number of likely N-dealkylation sites (N-methyl/N-ethyl adjacent to an activating group) is 1. The molecule has 1 aliphatic rings. The van der Waals surface area contributed by atoms with Crippen molar-refractivity contribution in [3.8, 4) is 0 Å². The normalized spacial score (nSPS) is 24.9. The van der Waals surface area contributed by atoms with E-state index < -0.39 is 5.97 Å². The predicted molar refractivity (Wildman–Crippen MR) is 60.2 cm³/mol. The van der Waals surface area contributed by atoms with Crippen LogP contribution in [0, 0.1) is 5.92 Å². The van der Waals surface area contributed by atoms with Crippen molar-refractivity contribution in [3.63, 3.8) is 0 Å². The molecule has 2 unspecified atom stereocenters. The maximum absolute atomic E-state index is 11.6. The Balaban J connectivity index is 2.35. The molecule has 2 atom stereocenters. The second-order valence-corrected chi connectivity index (χ2v) is 4.67. The molecule has 0 spiro atoms. The first-order valence-corrected chi connectivity index (χ1v) is 5.72. The van der Waals surface area contributed by atoms with E-state index in [2.05, 4.69) is 12.2 Å². The standard InChI is InChI=1S/C11H20N2O3/c1-8-4-3-5-9(6-8)12-11(16)13(2)7-10(14)15/h8-9H,3-7H2,1-2H3,(H,12,16)(H,14,15). The molecule has 1 aliphatic carbocycles. The smallest absolute Gasteiger partial charge is 0.323 e. The number of amides is 2. The highest BCUT2D eigenvalue weighted by Crippen LogP contribution is 2.23. The highest BCUT2D eigenvalue weighted by molar-refractivity contribution is 5.79. The Kier molecular flexibility index (Phi) is 4.58. The van der Waals surface area contributed by atoms with E-state index in [1.54, 1.807) is 0 Å². The van der Waals surface area contributed by atoms with Crippen molar-refractivity contribution in [2.75, 3.05) is 13.6 Å². The summed E-state index contributed by atoms with van der Waals surface area (Å²) in [6.07, 6.45) is 4.34. The van der Waals surface area contributed by atoms with Crippen LogP contribution in [-0.4, -0.2) is 41.6 Å². The largest absolute Gasteiger partial charge is 0.480 e. The van der Waals surface area contributed by atoms with Crippen LogP contribution in [0.25, 0.3) is 0 Å². The third-order valence-corrected chi connectivity index (χ3v) is 2.98. The summed E-state index contributed by atoms with van der Waals surface area (Å²) in [6, 6.07) is -0.0889. The molecule has 0 aromatic heterocycles. The lowest BCUT2D eigenvalue weighted by Crippen LogP contribution is -2.46. The van der Waals surface area contributed by atoms with Crippen molar-refractivity contribution < 1.29 is 14.7 Å². The summed E-state index contributed by atoms with van der Waals surface area (Å²) < 4.78 is 0. The van der Waals surface area contributed by atoms with Gasteiger partial charge in [-0.1, -0.05) is 19.8 Å². The van der Waals surface area contributed by atoms with Gasteiger partial charge in [-0.15, -0.1) is 0 Å². The SMILES string of the molecule is CC1CCCC(NC(=O)N(C)CC(=O)O)C1. The molecule has 0 aromatic carbocycles. The van der Waals surface area contributed by atoms with Crippen LogP contribution in [0.3, 0.4) is 0 Å². The van der Waals surface area contributed by atoms with Gasteiger partial charge in [0.15, 0.2) is 0 Å². The molecule has 1 fully saturated rings. The maximum atomic E-state index is 11.6. The van der Waals surface area contributed by atoms with E-state index in [9.17, 15) is 9.59 Å². The Bertz CT molecular complexity index is 268. The fourth-order valence-electron chi connectivity index (χ4n) is 2.12. The minimum atomic E-state index is -0.991. The summed E-state index contributed by atoms with van der Waals surface area (Å²) in [4.78, 5) is 23.2. The van der Waals surface area contributed by atoms with E-state index in [1.165, 1.54) is 18.4 Å². The minimum Gasteiger partial charge on any atom is -0.480 e. The van der Waals surface area contributed by atoms with Crippen LogP contribution in [0.2, 0.25) is 0 Å². The van der Waals surface area contributed by atoms with Crippen LogP contribution in [0.1, 0.15) is 32.6 Å². The van der Waals surface area contributed by atoms with Gasteiger partial charge < -0.3 is 15.3 Å². The zero-order valence-electron chi connectivity index (χ0n) is 9.90. The number of nitrogens with one attached hydrogen (secondary N) is 1. The molecule has 1 saturated carbocycles. The number of hydrogen-bond donors (Lipinski definition) is 2. The second-order valence-electron chi connectivity index (χ2n) is 4.67. The molecule has 2 amide bonds. The first-order valence-electron chi connectivity index (χ1n) is 5.72. The minimum absolute atomic E-state index is 0.201. The summed E-state index contributed by atoms with van der Waals surface area (Å²) in [5.41, 5.74) is 0. The summed E-state index contributed by atoms with van der Waals surface area (Å²) in [5, 5.41) is 11.4. The van der Waals surface area contributed by atoms with Crippen LogP contribution < -0.4 is 5.32 Å². The third kappa shape index (κ3) is 4.08. The van der Waals surface area contributed by atoms with E-state index in [0.717, 1.165) is 19.3 Å². The van der Waals surface area contributed by atoms with Crippen molar-refractivity contribution in [2.45, 2.75) is 38.6 Å². The molecule has 0 aliphatic heterocycles. The Labute approximate surface area is 95.8 Å². The Morgan fingerprint density at radius 1 is 1.44 bits per heavy atom. The maximum Gasteiger partial charge on any atom is 0.323 e. The van der Waals surface area contributed by atoms with Crippen molar-refractivity contribution >= 4 is 12.0 Å². The molecule has 0 saturated heterocycles. The number of carboxylic acids is 1. The van der Waals surface area contributed by atoms with Gasteiger partial charge in [-0.05, 0) is 18.8 Å². The molecule has 1 rings (SSSR count). The summed E-state index contributed by atoms with van der Waals surface area (Å²) in [7, 11) is 1.50. The van der Waals surface area contributed by atoms with Crippen molar-refractivity contribution in [1.82, 2.24) is 10.2 Å². The highest BCUT2D eigenvalue weighted by atomic mass is 16.4. The molecule has 0 aromatic rings. The number of carbonyl (C=O) groups excluding carboxylic acids is 1. The van der Waals surface area contributed by atoms with Crippen molar-refractivity contribution in [2.24, 2.45) is 5.92 Å². The summed E-state index contributed by atoms with van der Waals surface area (Å²) in [6.45, 7) is 1.92. The molecular formula is C11H20N2O3. The fraction of sp³-hybridized carbons (Fsp3) is 0.818. The number of rotatable bonds is 3. The van der Waals surface area contributed by atoms with Crippen molar-refractivity contribution in [1.29, 1.82) is 0 Å². The summed E-state index contributed by atoms with van der Waals surface area (Å²) in [5.74, 6) is -0.349. The third-order valence-electron chi connectivity index (χ3n) is 2.98. The number of hydrogen-bond acceptors (Lipinski definition) is 2. The monoisotopic (exact) mass is 228 g/mol. The number of carboxylic acid groups (broad SMARTS) is 1. The Hall–Kier alpha value is -1.26. The molecule has 16 heavy (non-hydrogen) atoms. The number of nitrogens with zero attached hydrogens (tertiary/aromatic N) is 1. The van der Waals surface area contributed by atoms with Gasteiger partial charge in [0, 0.05) is 13.1 Å². The van der Waals surface area contributed by atoms with E-state index >= 15 is 0 Å². The molecule has 0 heterocycles. The van der Waals surface area contributed by atoms with Gasteiger partial charge in [-0.3, -0.25) is 4.79 Å². The first kappa shape index (κ1) is 12.8.